The molecule has 26 valence electrons. The van der Waals surface area contributed by atoms with Crippen LogP contribution in [0.25, 0.3) is 0 Å². The molecule has 0 amide bonds. The molecule has 0 unspecified atom stereocenters. The molecule has 0 aliphatic heterocycles. The van der Waals surface area contributed by atoms with Crippen molar-refractivity contribution in [1.82, 2.24) is 0 Å². The fourth-order valence-electron chi connectivity index (χ4n) is 0. The Labute approximate surface area is 40.3 Å². The number of aliphatic hydroxyl groups is 1. The summed E-state index contributed by atoms with van der Waals surface area (Å²) in [5.41, 5.74) is 0. The van der Waals surface area contributed by atoms with Gasteiger partial charge >= 0.3 is 0 Å². The van der Waals surface area contributed by atoms with E-state index in [4.69, 9.17) is 5.11 Å². The molecule has 2 heteroatoms. The Kier molecular flexibility index (Phi) is 20.8. The van der Waals surface area contributed by atoms with Crippen LogP contribution in [0.3, 0.4) is 0 Å². The minimum atomic E-state index is 0. The van der Waals surface area contributed by atoms with Crippen LogP contribution in [-0.2, 0) is 21.1 Å². The smallest absolute Gasteiger partial charge is 0 e. The largest absolute Gasteiger partial charge is 0.566 e. The Bertz CT molecular complexity index is 6.00. The van der Waals surface area contributed by atoms with Crippen LogP contribution in [-0.4, -0.2) is 5.11 Å². The minimum absolute atomic E-state index is 0. The van der Waals surface area contributed by atoms with Gasteiger partial charge in [0.05, 0.1) is 0 Å². The van der Waals surface area contributed by atoms with Crippen molar-refractivity contribution in [2.45, 2.75) is 6.92 Å². The first-order valence-electron chi connectivity index (χ1n) is 0.836. The summed E-state index contributed by atoms with van der Waals surface area (Å²) in [5, 5.41) is 7.44. The van der Waals surface area contributed by atoms with Gasteiger partial charge in [-0.2, -0.15) is 6.92 Å². The zero-order valence-corrected chi connectivity index (χ0v) is 4.44. The van der Waals surface area contributed by atoms with Crippen LogP contribution in [0, 0.1) is 6.61 Å². The Balaban J connectivity index is 0. The first-order chi connectivity index (χ1) is 1.41. The molecule has 0 aromatic rings. The van der Waals surface area contributed by atoms with Crippen molar-refractivity contribution < 1.29 is 26.2 Å². The summed E-state index contributed by atoms with van der Waals surface area (Å²) in [6.07, 6.45) is 0. The predicted molar refractivity (Wildman–Crippen MR) is 11.9 cm³/mol. The van der Waals surface area contributed by atoms with Crippen molar-refractivity contribution in [1.29, 1.82) is 0 Å². The first-order valence-corrected chi connectivity index (χ1v) is 0.836. The molecule has 0 spiro atoms. The molecule has 1 N–H and O–H groups in total. The first kappa shape index (κ1) is 8.82. The van der Waals surface area contributed by atoms with E-state index in [1.807, 2.05) is 0 Å². The van der Waals surface area contributed by atoms with E-state index in [0.717, 1.165) is 6.61 Å². The average molecular weight is 141 g/mol. The van der Waals surface area contributed by atoms with E-state index in [0.29, 0.717) is 0 Å². The van der Waals surface area contributed by atoms with Crippen molar-refractivity contribution in [3.63, 3.8) is 0 Å². The molecule has 0 aromatic carbocycles. The second-order valence-corrected chi connectivity index (χ2v) is 0.258. The fourth-order valence-corrected chi connectivity index (χ4v) is 0. The van der Waals surface area contributed by atoms with Crippen molar-refractivity contribution in [3.8, 4) is 0 Å². The van der Waals surface area contributed by atoms with Gasteiger partial charge in [-0.15, -0.1) is 0 Å². The van der Waals surface area contributed by atoms with Gasteiger partial charge in [0.15, 0.2) is 0 Å². The normalized spacial score (nSPS) is 4.50. The summed E-state index contributed by atoms with van der Waals surface area (Å²) >= 11 is 0. The van der Waals surface area contributed by atoms with Gasteiger partial charge in [0.2, 0.25) is 0 Å². The van der Waals surface area contributed by atoms with Crippen molar-refractivity contribution in [2.75, 3.05) is 0 Å². The molecular formula is C2H5MoO-. The quantitative estimate of drug-likeness (QED) is 0.385. The van der Waals surface area contributed by atoms with E-state index in [-0.39, 0.29) is 21.1 Å². The van der Waals surface area contributed by atoms with Gasteiger partial charge in [0.25, 0.3) is 0 Å². The second kappa shape index (κ2) is 9.42. The number of rotatable bonds is 0. The minimum Gasteiger partial charge on any atom is -0.566 e. The van der Waals surface area contributed by atoms with E-state index in [1.165, 1.54) is 0 Å². The summed E-state index contributed by atoms with van der Waals surface area (Å²) < 4.78 is 0. The van der Waals surface area contributed by atoms with Crippen molar-refractivity contribution in [2.24, 2.45) is 0 Å². The van der Waals surface area contributed by atoms with E-state index < -0.39 is 0 Å². The molecule has 0 fully saturated rings. The summed E-state index contributed by atoms with van der Waals surface area (Å²) in [6.45, 7) is 2.56. The maximum atomic E-state index is 7.44. The van der Waals surface area contributed by atoms with Crippen molar-refractivity contribution >= 4 is 0 Å². The summed E-state index contributed by atoms with van der Waals surface area (Å²) in [7, 11) is 0. The molecule has 0 aliphatic carbocycles. The van der Waals surface area contributed by atoms with E-state index in [1.54, 1.807) is 6.92 Å². The van der Waals surface area contributed by atoms with Gasteiger partial charge < -0.3 is 5.11 Å². The molecule has 0 radical (unpaired) electrons. The average Bonchev–Trinajstić information content (AvgIpc) is 0.918. The van der Waals surface area contributed by atoms with Crippen LogP contribution in [0.2, 0.25) is 0 Å². The zero-order chi connectivity index (χ0) is 2.71. The number of aliphatic hydroxyl groups excluding tert-OH is 1. The summed E-state index contributed by atoms with van der Waals surface area (Å²) in [5.74, 6) is 0. The van der Waals surface area contributed by atoms with Gasteiger partial charge in [0, 0.05) is 21.1 Å². The third kappa shape index (κ3) is 17.1. The Morgan fingerprint density at radius 1 is 1.75 bits per heavy atom. The fraction of sp³-hybridized carbons (Fsp3) is 0.500. The molecule has 4 heavy (non-hydrogen) atoms. The maximum Gasteiger partial charge on any atom is 0 e. The Hall–Kier alpha value is 0.648. The molecule has 0 saturated carbocycles. The van der Waals surface area contributed by atoms with Crippen LogP contribution in [0.4, 0.5) is 0 Å². The van der Waals surface area contributed by atoms with E-state index in [9.17, 15) is 0 Å². The van der Waals surface area contributed by atoms with Crippen LogP contribution in [0.1, 0.15) is 6.92 Å². The Morgan fingerprint density at radius 3 is 1.75 bits per heavy atom. The number of hydrogen-bond donors (Lipinski definition) is 1. The molecule has 0 saturated heterocycles. The van der Waals surface area contributed by atoms with E-state index in [2.05, 4.69) is 0 Å². The third-order valence-corrected chi connectivity index (χ3v) is 0. The summed E-state index contributed by atoms with van der Waals surface area (Å²) in [4.78, 5) is 0. The van der Waals surface area contributed by atoms with Gasteiger partial charge in [-0.05, 0) is 0 Å². The molecule has 0 aliphatic rings. The van der Waals surface area contributed by atoms with Gasteiger partial charge in [-0.25, -0.2) is 6.61 Å². The molecule has 1 nitrogen and oxygen atoms in total. The second-order valence-electron chi connectivity index (χ2n) is 0.258. The van der Waals surface area contributed by atoms with Crippen LogP contribution < -0.4 is 0 Å². The van der Waals surface area contributed by atoms with E-state index >= 15 is 0 Å². The molecule has 0 bridgehead atoms. The van der Waals surface area contributed by atoms with Crippen LogP contribution in [0.5, 0.6) is 0 Å². The van der Waals surface area contributed by atoms with Gasteiger partial charge in [-0.3, -0.25) is 0 Å². The molecule has 0 atom stereocenters. The standard InChI is InChI=1S/C2H5O.Mo/c1-2-3;/h2-3H,1H3;/q-1;. The van der Waals surface area contributed by atoms with Crippen molar-refractivity contribution in [3.05, 3.63) is 6.61 Å². The Morgan fingerprint density at radius 2 is 1.75 bits per heavy atom. The van der Waals surface area contributed by atoms with Crippen LogP contribution in [0.15, 0.2) is 0 Å². The molecule has 0 heterocycles. The summed E-state index contributed by atoms with van der Waals surface area (Å²) in [6, 6.07) is 0. The van der Waals surface area contributed by atoms with Crippen LogP contribution >= 0.6 is 0 Å². The topological polar surface area (TPSA) is 20.2 Å². The third-order valence-electron chi connectivity index (χ3n) is 0. The van der Waals surface area contributed by atoms with Gasteiger partial charge in [0.1, 0.15) is 0 Å². The zero-order valence-electron chi connectivity index (χ0n) is 2.43. The molecule has 0 aromatic heterocycles. The maximum absolute atomic E-state index is 7.44. The molecular weight excluding hydrogens is 136 g/mol. The number of hydrogen-bond acceptors (Lipinski definition) is 1. The van der Waals surface area contributed by atoms with Gasteiger partial charge in [-0.1, -0.05) is 0 Å². The monoisotopic (exact) mass is 143 g/mol. The predicted octanol–water partition coefficient (Wildman–Crippen LogP) is 0.538. The molecule has 0 rings (SSSR count). The SMILES string of the molecule is C[CH-]O.[Mo].